The molecule has 1 saturated heterocycles. The van der Waals surface area contributed by atoms with E-state index in [1.54, 1.807) is 4.90 Å². The third kappa shape index (κ3) is 4.78. The van der Waals surface area contributed by atoms with Crippen molar-refractivity contribution < 1.29 is 17.6 Å². The number of fused-ring (bicyclic) bond motifs is 1. The highest BCUT2D eigenvalue weighted by Crippen LogP contribution is 2.34. The molecule has 0 N–H and O–H groups in total. The zero-order valence-corrected chi connectivity index (χ0v) is 21.4. The van der Waals surface area contributed by atoms with Gasteiger partial charge < -0.3 is 0 Å². The summed E-state index contributed by atoms with van der Waals surface area (Å²) in [5.41, 5.74) is 2.91. The molecule has 3 aromatic carbocycles. The fourth-order valence-corrected chi connectivity index (χ4v) is 7.18. The number of rotatable bonds is 7. The van der Waals surface area contributed by atoms with Crippen LogP contribution in [-0.2, 0) is 27.8 Å². The number of nitrogens with zero attached hydrogens (tertiary/aromatic N) is 3. The third-order valence-corrected chi connectivity index (χ3v) is 9.40. The van der Waals surface area contributed by atoms with E-state index < -0.39 is 21.9 Å². The minimum absolute atomic E-state index is 0.0229. The van der Waals surface area contributed by atoms with E-state index in [1.165, 1.54) is 33.3 Å². The Morgan fingerprint density at radius 2 is 1.83 bits per heavy atom. The van der Waals surface area contributed by atoms with Gasteiger partial charge in [-0.05, 0) is 66.8 Å². The maximum absolute atomic E-state index is 14.0. The van der Waals surface area contributed by atoms with Crippen molar-refractivity contribution in [1.29, 1.82) is 0 Å². The van der Waals surface area contributed by atoms with Crippen LogP contribution in [0.4, 0.5) is 9.52 Å². The predicted octanol–water partition coefficient (Wildman–Crippen LogP) is 5.38. The molecule has 1 fully saturated rings. The molecule has 1 amide bonds. The number of hydrogen-bond acceptors (Lipinski definition) is 5. The SMILES string of the molecule is CCc1ccc2nc(N(Cc3ccccc3)C(=O)C3CCCN3S(=O)(=O)c3ccc(F)cc3)sc2c1. The van der Waals surface area contributed by atoms with Gasteiger partial charge in [0.1, 0.15) is 11.9 Å². The summed E-state index contributed by atoms with van der Waals surface area (Å²) in [7, 11) is -3.97. The lowest BCUT2D eigenvalue weighted by molar-refractivity contribution is -0.121. The molecule has 5 rings (SSSR count). The summed E-state index contributed by atoms with van der Waals surface area (Å²) in [6.07, 6.45) is 1.87. The van der Waals surface area contributed by atoms with Crippen LogP contribution in [0.25, 0.3) is 10.2 Å². The zero-order valence-electron chi connectivity index (χ0n) is 19.8. The van der Waals surface area contributed by atoms with Gasteiger partial charge in [0, 0.05) is 6.54 Å². The van der Waals surface area contributed by atoms with Crippen LogP contribution in [0.1, 0.15) is 30.9 Å². The zero-order chi connectivity index (χ0) is 25.3. The molecule has 0 radical (unpaired) electrons. The van der Waals surface area contributed by atoms with Gasteiger partial charge in [-0.15, -0.1) is 0 Å². The molecule has 6 nitrogen and oxygen atoms in total. The topological polar surface area (TPSA) is 70.6 Å². The van der Waals surface area contributed by atoms with Gasteiger partial charge in [0.2, 0.25) is 15.9 Å². The average molecular weight is 524 g/mol. The van der Waals surface area contributed by atoms with Gasteiger partial charge in [0.05, 0.1) is 21.7 Å². The van der Waals surface area contributed by atoms with E-state index in [-0.39, 0.29) is 23.9 Å². The van der Waals surface area contributed by atoms with Crippen molar-refractivity contribution in [1.82, 2.24) is 9.29 Å². The normalized spacial score (nSPS) is 16.4. The van der Waals surface area contributed by atoms with E-state index >= 15 is 0 Å². The van der Waals surface area contributed by atoms with E-state index in [2.05, 4.69) is 13.0 Å². The number of carbonyl (C=O) groups is 1. The van der Waals surface area contributed by atoms with Gasteiger partial charge >= 0.3 is 0 Å². The monoisotopic (exact) mass is 523 g/mol. The number of thiazole rings is 1. The van der Waals surface area contributed by atoms with Crippen LogP contribution >= 0.6 is 11.3 Å². The van der Waals surface area contributed by atoms with Crippen molar-refractivity contribution in [2.45, 2.75) is 43.7 Å². The van der Waals surface area contributed by atoms with E-state index in [0.717, 1.165) is 34.3 Å². The number of carbonyl (C=O) groups excluding carboxylic acids is 1. The Bertz CT molecular complexity index is 1490. The number of sulfonamides is 1. The van der Waals surface area contributed by atoms with Crippen LogP contribution in [0.2, 0.25) is 0 Å². The molecular weight excluding hydrogens is 497 g/mol. The summed E-state index contributed by atoms with van der Waals surface area (Å²) < 4.78 is 42.5. The van der Waals surface area contributed by atoms with E-state index in [9.17, 15) is 17.6 Å². The molecule has 186 valence electrons. The molecule has 1 atom stereocenters. The highest BCUT2D eigenvalue weighted by molar-refractivity contribution is 7.89. The van der Waals surface area contributed by atoms with E-state index in [1.807, 2.05) is 42.5 Å². The van der Waals surface area contributed by atoms with Crippen LogP contribution in [-0.4, -0.2) is 36.2 Å². The Labute approximate surface area is 214 Å². The number of anilines is 1. The van der Waals surface area contributed by atoms with Crippen molar-refractivity contribution in [3.8, 4) is 0 Å². The summed E-state index contributed by atoms with van der Waals surface area (Å²) in [6, 6.07) is 19.5. The van der Waals surface area contributed by atoms with Crippen LogP contribution in [0.3, 0.4) is 0 Å². The van der Waals surface area contributed by atoms with Crippen LogP contribution in [0, 0.1) is 5.82 Å². The molecular formula is C27H26FN3O3S2. The molecule has 9 heteroatoms. The second-order valence-corrected chi connectivity index (χ2v) is 11.7. The highest BCUT2D eigenvalue weighted by atomic mass is 32.2. The van der Waals surface area contributed by atoms with Crippen LogP contribution in [0.15, 0.2) is 77.7 Å². The minimum atomic E-state index is -3.97. The Morgan fingerprint density at radius 3 is 2.56 bits per heavy atom. The number of aromatic nitrogens is 1. The van der Waals surface area contributed by atoms with Gasteiger partial charge in [0.15, 0.2) is 5.13 Å². The summed E-state index contributed by atoms with van der Waals surface area (Å²) in [4.78, 5) is 20.3. The lowest BCUT2D eigenvalue weighted by Crippen LogP contribution is -2.47. The average Bonchev–Trinajstić information content (AvgIpc) is 3.55. The van der Waals surface area contributed by atoms with Crippen molar-refractivity contribution in [3.63, 3.8) is 0 Å². The second-order valence-electron chi connectivity index (χ2n) is 8.79. The molecule has 2 heterocycles. The fourth-order valence-electron chi connectivity index (χ4n) is 4.49. The number of hydrogen-bond donors (Lipinski definition) is 0. The number of aryl methyl sites for hydroxylation is 1. The van der Waals surface area contributed by atoms with Crippen molar-refractivity contribution >= 4 is 42.6 Å². The molecule has 0 saturated carbocycles. The first-order valence-corrected chi connectivity index (χ1v) is 14.1. The maximum atomic E-state index is 14.0. The van der Waals surface area contributed by atoms with Crippen molar-refractivity contribution in [2.75, 3.05) is 11.4 Å². The first kappa shape index (κ1) is 24.5. The quantitative estimate of drug-likeness (QED) is 0.326. The molecule has 4 aromatic rings. The maximum Gasteiger partial charge on any atom is 0.247 e. The largest absolute Gasteiger partial charge is 0.282 e. The lowest BCUT2D eigenvalue weighted by atomic mass is 10.1. The first-order chi connectivity index (χ1) is 17.4. The molecule has 36 heavy (non-hydrogen) atoms. The smallest absolute Gasteiger partial charge is 0.247 e. The Morgan fingerprint density at radius 1 is 1.08 bits per heavy atom. The van der Waals surface area contributed by atoms with Crippen LogP contribution in [0.5, 0.6) is 0 Å². The molecule has 0 bridgehead atoms. The van der Waals surface area contributed by atoms with E-state index in [4.69, 9.17) is 4.98 Å². The molecule has 0 aliphatic carbocycles. The first-order valence-electron chi connectivity index (χ1n) is 11.9. The molecule has 1 aliphatic rings. The van der Waals surface area contributed by atoms with Gasteiger partial charge in [-0.25, -0.2) is 17.8 Å². The number of benzene rings is 3. The molecule has 0 spiro atoms. The third-order valence-electron chi connectivity index (χ3n) is 6.44. The number of amides is 1. The van der Waals surface area contributed by atoms with E-state index in [0.29, 0.717) is 18.0 Å². The van der Waals surface area contributed by atoms with Crippen molar-refractivity contribution in [3.05, 3.63) is 89.7 Å². The summed E-state index contributed by atoms with van der Waals surface area (Å²) >= 11 is 1.43. The summed E-state index contributed by atoms with van der Waals surface area (Å²) in [5.74, 6) is -0.823. The van der Waals surface area contributed by atoms with Gasteiger partial charge in [0.25, 0.3) is 0 Å². The summed E-state index contributed by atoms with van der Waals surface area (Å²) in [5, 5.41) is 0.540. The van der Waals surface area contributed by atoms with Crippen molar-refractivity contribution in [2.24, 2.45) is 0 Å². The lowest BCUT2D eigenvalue weighted by Gasteiger charge is -2.28. The predicted molar refractivity (Wildman–Crippen MR) is 140 cm³/mol. The highest BCUT2D eigenvalue weighted by Gasteiger charge is 2.42. The van der Waals surface area contributed by atoms with Gasteiger partial charge in [-0.3, -0.25) is 9.69 Å². The standard InChI is InChI=1S/C27H26FN3O3S2/c1-2-19-10-15-23-25(17-19)35-27(29-23)30(18-20-7-4-3-5-8-20)26(32)24-9-6-16-31(24)36(33,34)22-13-11-21(28)12-14-22/h3-5,7-8,10-15,17,24H,2,6,9,16,18H2,1H3. The Hall–Kier alpha value is -3.14. The number of halogens is 1. The minimum Gasteiger partial charge on any atom is -0.282 e. The molecule has 1 unspecified atom stereocenters. The Balaban J connectivity index is 1.52. The van der Waals surface area contributed by atoms with Gasteiger partial charge in [-0.1, -0.05) is 54.7 Å². The second kappa shape index (κ2) is 10.1. The molecule has 1 aliphatic heterocycles. The van der Waals surface area contributed by atoms with Crippen LogP contribution < -0.4 is 4.90 Å². The fraction of sp³-hybridized carbons (Fsp3) is 0.259. The summed E-state index contributed by atoms with van der Waals surface area (Å²) in [6.45, 7) is 2.60. The van der Waals surface area contributed by atoms with Gasteiger partial charge in [-0.2, -0.15) is 4.31 Å². The Kier molecular flexibility index (Phi) is 6.87. The molecule has 1 aromatic heterocycles.